The smallest absolute Gasteiger partial charge is 0.229 e. The van der Waals surface area contributed by atoms with Gasteiger partial charge in [0.05, 0.1) is 6.61 Å². The number of hydrogen-bond donors (Lipinski definition) is 2. The Morgan fingerprint density at radius 3 is 2.74 bits per heavy atom. The number of hydrogen-bond acceptors (Lipinski definition) is 4. The van der Waals surface area contributed by atoms with Crippen LogP contribution in [0.15, 0.2) is 30.4 Å². The van der Waals surface area contributed by atoms with Crippen molar-refractivity contribution in [3.05, 3.63) is 41.7 Å². The van der Waals surface area contributed by atoms with Crippen LogP contribution in [0.25, 0.3) is 0 Å². The molecule has 1 saturated carbocycles. The van der Waals surface area contributed by atoms with Gasteiger partial charge in [0.25, 0.3) is 0 Å². The predicted octanol–water partition coefficient (Wildman–Crippen LogP) is 4.61. The Labute approximate surface area is 184 Å². The second kappa shape index (κ2) is 10.9. The van der Waals surface area contributed by atoms with E-state index in [1.54, 1.807) is 0 Å². The van der Waals surface area contributed by atoms with E-state index >= 15 is 0 Å². The molecule has 6 heteroatoms. The molecule has 1 saturated heterocycles. The first-order valence-corrected chi connectivity index (χ1v) is 11.5. The van der Waals surface area contributed by atoms with Crippen LogP contribution in [0.1, 0.15) is 70.8 Å². The number of piperidine rings is 1. The van der Waals surface area contributed by atoms with Gasteiger partial charge in [-0.15, -0.1) is 0 Å². The lowest BCUT2D eigenvalue weighted by atomic mass is 9.93. The zero-order valence-electron chi connectivity index (χ0n) is 18.7. The fraction of sp³-hybridized carbons (Fsp3) is 0.600. The van der Waals surface area contributed by atoms with Gasteiger partial charge in [-0.25, -0.2) is 4.39 Å². The normalized spacial score (nSPS) is 19.6. The van der Waals surface area contributed by atoms with Gasteiger partial charge in [0, 0.05) is 17.9 Å². The van der Waals surface area contributed by atoms with Crippen LogP contribution >= 0.6 is 0 Å². The molecule has 1 unspecified atom stereocenters. The first kappa shape index (κ1) is 23.5. The van der Waals surface area contributed by atoms with Gasteiger partial charge >= 0.3 is 0 Å². The topological polar surface area (TPSA) is 67.4 Å². The maximum atomic E-state index is 14.1. The Hall–Kier alpha value is -2.21. The molecular weight excluding hydrogens is 395 g/mol. The SMILES string of the molecule is CC(C)(NCCCC/C=C/CC1CCC(=O)NC1=O)c1ccc(F)c(OCC2CC2)c1. The van der Waals surface area contributed by atoms with Crippen LogP contribution in [0, 0.1) is 17.7 Å². The summed E-state index contributed by atoms with van der Waals surface area (Å²) < 4.78 is 19.7. The lowest BCUT2D eigenvalue weighted by molar-refractivity contribution is -0.136. The lowest BCUT2D eigenvalue weighted by Gasteiger charge is -2.27. The first-order valence-electron chi connectivity index (χ1n) is 11.5. The molecule has 2 amide bonds. The van der Waals surface area contributed by atoms with Gasteiger partial charge in [-0.1, -0.05) is 18.2 Å². The Morgan fingerprint density at radius 1 is 1.19 bits per heavy atom. The predicted molar refractivity (Wildman–Crippen MR) is 119 cm³/mol. The number of carbonyl (C=O) groups excluding carboxylic acids is 2. The molecule has 0 spiro atoms. The molecule has 1 aromatic rings. The molecule has 1 atom stereocenters. The molecule has 31 heavy (non-hydrogen) atoms. The number of unbranched alkanes of at least 4 members (excludes halogenated alkanes) is 2. The van der Waals surface area contributed by atoms with E-state index < -0.39 is 0 Å². The summed E-state index contributed by atoms with van der Waals surface area (Å²) in [7, 11) is 0. The van der Waals surface area contributed by atoms with E-state index in [-0.39, 0.29) is 29.1 Å². The van der Waals surface area contributed by atoms with E-state index in [2.05, 4.69) is 36.6 Å². The Balaban J connectivity index is 1.34. The van der Waals surface area contributed by atoms with Gasteiger partial charge in [0.15, 0.2) is 11.6 Å². The number of imide groups is 1. The number of allylic oxidation sites excluding steroid dienone is 2. The third-order valence-electron chi connectivity index (χ3n) is 6.13. The van der Waals surface area contributed by atoms with Crippen LogP contribution in [0.4, 0.5) is 4.39 Å². The Kier molecular flexibility index (Phi) is 8.24. The average molecular weight is 431 g/mol. The zero-order valence-corrected chi connectivity index (χ0v) is 18.7. The van der Waals surface area contributed by atoms with Crippen molar-refractivity contribution < 1.29 is 18.7 Å². The molecular formula is C25H35FN2O3. The summed E-state index contributed by atoms with van der Waals surface area (Å²) in [6, 6.07) is 5.14. The summed E-state index contributed by atoms with van der Waals surface area (Å²) >= 11 is 0. The van der Waals surface area contributed by atoms with Crippen molar-refractivity contribution in [3.63, 3.8) is 0 Å². The second-order valence-corrected chi connectivity index (χ2v) is 9.30. The molecule has 0 aromatic heterocycles. The number of carbonyl (C=O) groups is 2. The van der Waals surface area contributed by atoms with E-state index in [4.69, 9.17) is 4.74 Å². The minimum absolute atomic E-state index is 0.0785. The molecule has 1 aromatic carbocycles. The van der Waals surface area contributed by atoms with Gasteiger partial charge in [0.1, 0.15) is 0 Å². The standard InChI is InChI=1S/C25H35FN2O3/c1-25(2,20-12-13-21(26)22(16-20)31-17-18-9-10-18)27-15-7-5-3-4-6-8-19-11-14-23(29)28-24(19)30/h4,6,12-13,16,18-19,27H,3,5,7-11,14-15,17H2,1-2H3,(H,28,29,30)/b6-4+. The highest BCUT2D eigenvalue weighted by atomic mass is 19.1. The number of rotatable bonds is 12. The third kappa shape index (κ3) is 7.46. The highest BCUT2D eigenvalue weighted by Gasteiger charge is 2.25. The Bertz CT molecular complexity index is 802. The molecule has 2 aliphatic rings. The summed E-state index contributed by atoms with van der Waals surface area (Å²) in [6.45, 7) is 5.67. The molecule has 5 nitrogen and oxygen atoms in total. The first-order chi connectivity index (χ1) is 14.8. The molecule has 0 bridgehead atoms. The largest absolute Gasteiger partial charge is 0.490 e. The van der Waals surface area contributed by atoms with Crippen LogP contribution < -0.4 is 15.4 Å². The molecule has 1 aliphatic heterocycles. The fourth-order valence-electron chi connectivity index (χ4n) is 3.73. The summed E-state index contributed by atoms with van der Waals surface area (Å²) in [4.78, 5) is 22.9. The van der Waals surface area contributed by atoms with Crippen LogP contribution in [0.5, 0.6) is 5.75 Å². The highest BCUT2D eigenvalue weighted by molar-refractivity contribution is 5.98. The minimum Gasteiger partial charge on any atom is -0.490 e. The number of ether oxygens (including phenoxy) is 1. The van der Waals surface area contributed by atoms with E-state index in [1.807, 2.05) is 12.1 Å². The van der Waals surface area contributed by atoms with Crippen molar-refractivity contribution in [2.45, 2.75) is 70.8 Å². The van der Waals surface area contributed by atoms with Crippen LogP contribution in [-0.4, -0.2) is 25.0 Å². The van der Waals surface area contributed by atoms with Gasteiger partial charge in [-0.2, -0.15) is 0 Å². The summed E-state index contributed by atoms with van der Waals surface area (Å²) in [5.41, 5.74) is 0.747. The third-order valence-corrected chi connectivity index (χ3v) is 6.13. The van der Waals surface area contributed by atoms with E-state index in [1.165, 1.54) is 18.9 Å². The minimum atomic E-state index is -0.302. The molecule has 3 rings (SSSR count). The van der Waals surface area contributed by atoms with Crippen molar-refractivity contribution in [2.24, 2.45) is 11.8 Å². The van der Waals surface area contributed by atoms with Crippen molar-refractivity contribution in [1.82, 2.24) is 10.6 Å². The molecule has 1 heterocycles. The average Bonchev–Trinajstić information content (AvgIpc) is 3.55. The lowest BCUT2D eigenvalue weighted by Crippen LogP contribution is -2.40. The van der Waals surface area contributed by atoms with Crippen LogP contribution in [-0.2, 0) is 15.1 Å². The fourth-order valence-corrected chi connectivity index (χ4v) is 3.73. The van der Waals surface area contributed by atoms with E-state index in [0.717, 1.165) is 31.4 Å². The Morgan fingerprint density at radius 2 is 2.00 bits per heavy atom. The van der Waals surface area contributed by atoms with Crippen LogP contribution in [0.3, 0.4) is 0 Å². The van der Waals surface area contributed by atoms with Crippen molar-refractivity contribution in [3.8, 4) is 5.75 Å². The van der Waals surface area contributed by atoms with Crippen molar-refractivity contribution in [2.75, 3.05) is 13.2 Å². The molecule has 170 valence electrons. The highest BCUT2D eigenvalue weighted by Crippen LogP contribution is 2.31. The van der Waals surface area contributed by atoms with Gasteiger partial charge in [-0.3, -0.25) is 14.9 Å². The number of amides is 2. The summed E-state index contributed by atoms with van der Waals surface area (Å²) in [5.74, 6) is 0.250. The molecule has 2 N–H and O–H groups in total. The van der Waals surface area contributed by atoms with Crippen molar-refractivity contribution >= 4 is 11.8 Å². The molecule has 2 fully saturated rings. The van der Waals surface area contributed by atoms with Crippen LogP contribution in [0.2, 0.25) is 0 Å². The number of nitrogens with one attached hydrogen (secondary N) is 2. The quantitative estimate of drug-likeness (QED) is 0.289. The van der Waals surface area contributed by atoms with E-state index in [9.17, 15) is 14.0 Å². The maximum Gasteiger partial charge on any atom is 0.229 e. The number of halogens is 1. The van der Waals surface area contributed by atoms with Crippen molar-refractivity contribution in [1.29, 1.82) is 0 Å². The molecule has 1 aliphatic carbocycles. The van der Waals surface area contributed by atoms with Gasteiger partial charge < -0.3 is 10.1 Å². The van der Waals surface area contributed by atoms with E-state index in [0.29, 0.717) is 37.5 Å². The zero-order chi connectivity index (χ0) is 22.3. The maximum absolute atomic E-state index is 14.1. The summed E-state index contributed by atoms with van der Waals surface area (Å²) in [5, 5.41) is 5.96. The summed E-state index contributed by atoms with van der Waals surface area (Å²) in [6.07, 6.45) is 11.4. The number of benzene rings is 1. The van der Waals surface area contributed by atoms with Gasteiger partial charge in [-0.05, 0) is 89.0 Å². The monoisotopic (exact) mass is 430 g/mol. The van der Waals surface area contributed by atoms with Gasteiger partial charge in [0.2, 0.25) is 11.8 Å². The molecule has 0 radical (unpaired) electrons. The second-order valence-electron chi connectivity index (χ2n) is 9.30.